The normalized spacial score (nSPS) is 21.4. The average Bonchev–Trinajstić information content (AvgIpc) is 3.16. The fourth-order valence-corrected chi connectivity index (χ4v) is 4.05. The smallest absolute Gasteiger partial charge is 0.309 e. The van der Waals surface area contributed by atoms with Crippen molar-refractivity contribution in [3.8, 4) is 5.75 Å². The number of hydrogen-bond acceptors (Lipinski definition) is 4. The summed E-state index contributed by atoms with van der Waals surface area (Å²) in [6, 6.07) is 7.60. The molecular formula is C19H22N2O4. The van der Waals surface area contributed by atoms with Crippen LogP contribution >= 0.6 is 0 Å². The largest absolute Gasteiger partial charge is 0.497 e. The number of H-pyrrole nitrogens is 1. The standard InChI is InChI=1S/C19H22N2O4/c1-24-13-4-3-12-9-16(20-15(12)10-13)17(22)21-7-5-19(6-8-21)11-14(19)18(23)25-2/h3-4,9-10,14,20H,5-8,11H2,1-2H3/t14-/m0/s1. The third-order valence-electron chi connectivity index (χ3n) is 5.78. The maximum Gasteiger partial charge on any atom is 0.309 e. The summed E-state index contributed by atoms with van der Waals surface area (Å²) < 4.78 is 10.1. The number of carbonyl (C=O) groups is 2. The Morgan fingerprint density at radius 2 is 1.96 bits per heavy atom. The number of rotatable bonds is 3. The average molecular weight is 342 g/mol. The van der Waals surface area contributed by atoms with Crippen LogP contribution in [-0.4, -0.2) is 49.1 Å². The van der Waals surface area contributed by atoms with Crippen LogP contribution < -0.4 is 4.74 Å². The Morgan fingerprint density at radius 3 is 2.64 bits per heavy atom. The lowest BCUT2D eigenvalue weighted by Crippen LogP contribution is -2.40. The van der Waals surface area contributed by atoms with E-state index in [4.69, 9.17) is 9.47 Å². The van der Waals surface area contributed by atoms with Crippen molar-refractivity contribution >= 4 is 22.8 Å². The molecule has 1 amide bonds. The van der Waals surface area contributed by atoms with Crippen LogP contribution in [0.1, 0.15) is 29.8 Å². The lowest BCUT2D eigenvalue weighted by molar-refractivity contribution is -0.143. The van der Waals surface area contributed by atoms with Crippen LogP contribution in [0.4, 0.5) is 0 Å². The van der Waals surface area contributed by atoms with E-state index >= 15 is 0 Å². The lowest BCUT2D eigenvalue weighted by atomic mass is 9.90. The van der Waals surface area contributed by atoms with Crippen molar-refractivity contribution in [2.45, 2.75) is 19.3 Å². The van der Waals surface area contributed by atoms with Gasteiger partial charge in [-0.25, -0.2) is 0 Å². The van der Waals surface area contributed by atoms with Crippen molar-refractivity contribution in [2.24, 2.45) is 11.3 Å². The number of carbonyl (C=O) groups excluding carboxylic acids is 2. The minimum absolute atomic E-state index is 0.0142. The fourth-order valence-electron chi connectivity index (χ4n) is 4.05. The number of fused-ring (bicyclic) bond motifs is 1. The Balaban J connectivity index is 1.45. The van der Waals surface area contributed by atoms with E-state index in [-0.39, 0.29) is 23.2 Å². The van der Waals surface area contributed by atoms with Gasteiger partial charge in [-0.3, -0.25) is 9.59 Å². The van der Waals surface area contributed by atoms with Crippen molar-refractivity contribution in [1.29, 1.82) is 0 Å². The molecule has 1 saturated heterocycles. The fraction of sp³-hybridized carbons (Fsp3) is 0.474. The minimum Gasteiger partial charge on any atom is -0.497 e. The Kier molecular flexibility index (Phi) is 3.71. The highest BCUT2D eigenvalue weighted by Gasteiger charge is 2.59. The molecule has 2 aliphatic rings. The van der Waals surface area contributed by atoms with Gasteiger partial charge < -0.3 is 19.4 Å². The second-order valence-corrected chi connectivity index (χ2v) is 7.07. The molecule has 1 aromatic carbocycles. The number of aromatic nitrogens is 1. The third kappa shape index (κ3) is 2.65. The highest BCUT2D eigenvalue weighted by atomic mass is 16.5. The summed E-state index contributed by atoms with van der Waals surface area (Å²) in [5, 5.41) is 0.991. The first-order valence-corrected chi connectivity index (χ1v) is 8.60. The number of piperidine rings is 1. The molecule has 25 heavy (non-hydrogen) atoms. The molecule has 2 aromatic rings. The quantitative estimate of drug-likeness (QED) is 0.871. The van der Waals surface area contributed by atoms with Gasteiger partial charge in [-0.15, -0.1) is 0 Å². The predicted molar refractivity (Wildman–Crippen MR) is 92.5 cm³/mol. The van der Waals surface area contributed by atoms with Crippen LogP contribution in [0.15, 0.2) is 24.3 Å². The number of benzene rings is 1. The Bertz CT molecular complexity index is 833. The van der Waals surface area contributed by atoms with Gasteiger partial charge in [-0.1, -0.05) is 0 Å². The maximum absolute atomic E-state index is 12.8. The van der Waals surface area contributed by atoms with E-state index in [2.05, 4.69) is 4.98 Å². The Labute approximate surface area is 146 Å². The minimum atomic E-state index is -0.107. The van der Waals surface area contributed by atoms with Crippen molar-refractivity contribution in [2.75, 3.05) is 27.3 Å². The van der Waals surface area contributed by atoms with Crippen LogP contribution in [0.5, 0.6) is 5.75 Å². The molecule has 0 bridgehead atoms. The van der Waals surface area contributed by atoms with Crippen LogP contribution in [0.2, 0.25) is 0 Å². The molecule has 1 aliphatic heterocycles. The molecule has 6 heteroatoms. The maximum atomic E-state index is 12.8. The van der Waals surface area contributed by atoms with E-state index < -0.39 is 0 Å². The first-order chi connectivity index (χ1) is 12.1. The highest BCUT2D eigenvalue weighted by Crippen LogP contribution is 2.59. The molecule has 1 atom stereocenters. The monoisotopic (exact) mass is 342 g/mol. The molecule has 2 heterocycles. The number of hydrogen-bond donors (Lipinski definition) is 1. The van der Waals surface area contributed by atoms with Crippen molar-refractivity contribution in [1.82, 2.24) is 9.88 Å². The second kappa shape index (κ2) is 5.79. The summed E-state index contributed by atoms with van der Waals surface area (Å²) in [6.45, 7) is 1.37. The van der Waals surface area contributed by atoms with E-state index in [0.717, 1.165) is 35.9 Å². The number of esters is 1. The summed E-state index contributed by atoms with van der Waals surface area (Å²) in [7, 11) is 3.07. The first-order valence-electron chi connectivity index (χ1n) is 8.60. The molecule has 0 unspecified atom stereocenters. The SMILES string of the molecule is COC(=O)[C@@H]1CC12CCN(C(=O)c1cc3ccc(OC)cc3[nH]1)CC2. The van der Waals surface area contributed by atoms with E-state index in [1.165, 1.54) is 7.11 Å². The second-order valence-electron chi connectivity index (χ2n) is 7.07. The van der Waals surface area contributed by atoms with Crippen LogP contribution in [0.3, 0.4) is 0 Å². The molecule has 1 aliphatic carbocycles. The number of amides is 1. The number of ether oxygens (including phenoxy) is 2. The van der Waals surface area contributed by atoms with E-state index in [1.54, 1.807) is 7.11 Å². The van der Waals surface area contributed by atoms with E-state index in [1.807, 2.05) is 29.2 Å². The van der Waals surface area contributed by atoms with E-state index in [9.17, 15) is 9.59 Å². The van der Waals surface area contributed by atoms with Crippen molar-refractivity contribution in [3.63, 3.8) is 0 Å². The number of methoxy groups -OCH3 is 2. The van der Waals surface area contributed by atoms with Gasteiger partial charge in [0.2, 0.25) is 0 Å². The molecule has 0 radical (unpaired) electrons. The first kappa shape index (κ1) is 16.0. The molecule has 1 spiro atoms. The molecule has 1 N–H and O–H groups in total. The van der Waals surface area contributed by atoms with Crippen LogP contribution in [0, 0.1) is 11.3 Å². The molecule has 1 saturated carbocycles. The highest BCUT2D eigenvalue weighted by molar-refractivity contribution is 5.98. The van der Waals surface area contributed by atoms with E-state index in [0.29, 0.717) is 18.8 Å². The third-order valence-corrected chi connectivity index (χ3v) is 5.78. The summed E-state index contributed by atoms with van der Waals surface area (Å²) in [5.41, 5.74) is 1.56. The number of nitrogens with one attached hydrogen (secondary N) is 1. The van der Waals surface area contributed by atoms with Crippen molar-refractivity contribution < 1.29 is 19.1 Å². The summed E-state index contributed by atoms with van der Waals surface area (Å²) >= 11 is 0. The van der Waals surface area contributed by atoms with Gasteiger partial charge in [0, 0.05) is 30.1 Å². The summed E-state index contributed by atoms with van der Waals surface area (Å²) in [6.07, 6.45) is 2.63. The molecular weight excluding hydrogens is 320 g/mol. The molecule has 4 rings (SSSR count). The van der Waals surface area contributed by atoms with Gasteiger partial charge in [0.15, 0.2) is 0 Å². The number of nitrogens with zero attached hydrogens (tertiary/aromatic N) is 1. The van der Waals surface area contributed by atoms with Gasteiger partial charge in [0.05, 0.1) is 20.1 Å². The Morgan fingerprint density at radius 1 is 1.20 bits per heavy atom. The number of aromatic amines is 1. The number of likely N-dealkylation sites (tertiary alicyclic amines) is 1. The van der Waals surface area contributed by atoms with Gasteiger partial charge in [-0.2, -0.15) is 0 Å². The predicted octanol–water partition coefficient (Wildman–Crippen LogP) is 2.59. The molecule has 2 fully saturated rings. The topological polar surface area (TPSA) is 71.6 Å². The zero-order valence-corrected chi connectivity index (χ0v) is 14.5. The van der Waals surface area contributed by atoms with Gasteiger partial charge in [0.1, 0.15) is 11.4 Å². The molecule has 1 aromatic heterocycles. The van der Waals surface area contributed by atoms with Crippen molar-refractivity contribution in [3.05, 3.63) is 30.0 Å². The Hall–Kier alpha value is -2.50. The molecule has 132 valence electrons. The summed E-state index contributed by atoms with van der Waals surface area (Å²) in [5.74, 6) is 0.691. The van der Waals surface area contributed by atoms with Crippen LogP contribution in [-0.2, 0) is 9.53 Å². The zero-order chi connectivity index (χ0) is 17.6. The lowest BCUT2D eigenvalue weighted by Gasteiger charge is -2.32. The van der Waals surface area contributed by atoms with Gasteiger partial charge in [0.25, 0.3) is 5.91 Å². The molecule has 6 nitrogen and oxygen atoms in total. The zero-order valence-electron chi connectivity index (χ0n) is 14.5. The van der Waals surface area contributed by atoms with Gasteiger partial charge >= 0.3 is 5.97 Å². The van der Waals surface area contributed by atoms with Gasteiger partial charge in [-0.05, 0) is 42.9 Å². The van der Waals surface area contributed by atoms with Crippen LogP contribution in [0.25, 0.3) is 10.9 Å². The summed E-state index contributed by atoms with van der Waals surface area (Å²) in [4.78, 5) is 29.6.